The van der Waals surface area contributed by atoms with Crippen molar-refractivity contribution < 1.29 is 27.8 Å². The SMILES string of the molecule is CCOc1ccc(/C(=C/C=C/C(=O)Nc2ccccc2CO)c2ccc(C(F)(F)F)cc2)cc1. The third-order valence-electron chi connectivity index (χ3n) is 4.96. The summed E-state index contributed by atoms with van der Waals surface area (Å²) in [5.74, 6) is 0.270. The summed E-state index contributed by atoms with van der Waals surface area (Å²) >= 11 is 0. The van der Waals surface area contributed by atoms with E-state index in [2.05, 4.69) is 5.32 Å². The largest absolute Gasteiger partial charge is 0.494 e. The van der Waals surface area contributed by atoms with Crippen molar-refractivity contribution in [3.05, 3.63) is 113 Å². The Morgan fingerprint density at radius 1 is 0.971 bits per heavy atom. The fourth-order valence-corrected chi connectivity index (χ4v) is 3.28. The summed E-state index contributed by atoms with van der Waals surface area (Å²) in [5.41, 5.74) is 2.29. The fraction of sp³-hybridized carbons (Fsp3) is 0.148. The lowest BCUT2D eigenvalue weighted by Crippen LogP contribution is -2.09. The minimum Gasteiger partial charge on any atom is -0.494 e. The van der Waals surface area contributed by atoms with Crippen LogP contribution in [0, 0.1) is 0 Å². The number of allylic oxidation sites excluding steroid dienone is 2. The van der Waals surface area contributed by atoms with Gasteiger partial charge in [-0.1, -0.05) is 54.6 Å². The number of benzene rings is 3. The van der Waals surface area contributed by atoms with E-state index in [1.807, 2.05) is 6.92 Å². The number of ether oxygens (including phenoxy) is 1. The van der Waals surface area contributed by atoms with E-state index >= 15 is 0 Å². The zero-order chi connectivity index (χ0) is 24.6. The molecule has 0 fully saturated rings. The Bertz CT molecular complexity index is 1160. The molecule has 7 heteroatoms. The Kier molecular flexibility index (Phi) is 8.27. The lowest BCUT2D eigenvalue weighted by atomic mass is 9.96. The number of alkyl halides is 3. The van der Waals surface area contributed by atoms with Crippen LogP contribution in [-0.2, 0) is 17.6 Å². The van der Waals surface area contributed by atoms with E-state index in [0.29, 0.717) is 34.7 Å². The summed E-state index contributed by atoms with van der Waals surface area (Å²) in [4.78, 5) is 12.4. The number of hydrogen-bond donors (Lipinski definition) is 2. The monoisotopic (exact) mass is 467 g/mol. The number of amides is 1. The first-order chi connectivity index (χ1) is 16.3. The molecule has 4 nitrogen and oxygen atoms in total. The lowest BCUT2D eigenvalue weighted by Gasteiger charge is -2.12. The highest BCUT2D eigenvalue weighted by Gasteiger charge is 2.30. The molecule has 176 valence electrons. The van der Waals surface area contributed by atoms with Gasteiger partial charge in [0.15, 0.2) is 0 Å². The third kappa shape index (κ3) is 6.59. The standard InChI is InChI=1S/C27H24F3NO3/c1-2-34-23-16-12-20(13-17-23)24(19-10-14-22(15-11-19)27(28,29)30)7-5-9-26(33)31-25-8-4-3-6-21(25)18-32/h3-17,32H,2,18H2,1H3,(H,31,33)/b9-5+,24-7+. The number of rotatable bonds is 8. The molecule has 34 heavy (non-hydrogen) atoms. The van der Waals surface area contributed by atoms with Gasteiger partial charge in [-0.05, 0) is 54.0 Å². The Hall–Kier alpha value is -3.84. The van der Waals surface area contributed by atoms with Gasteiger partial charge in [0, 0.05) is 17.3 Å². The van der Waals surface area contributed by atoms with Crippen molar-refractivity contribution in [2.75, 3.05) is 11.9 Å². The molecule has 3 aromatic carbocycles. The van der Waals surface area contributed by atoms with Crippen molar-refractivity contribution in [2.45, 2.75) is 19.7 Å². The average molecular weight is 467 g/mol. The van der Waals surface area contributed by atoms with Crippen molar-refractivity contribution in [3.8, 4) is 5.75 Å². The van der Waals surface area contributed by atoms with Gasteiger partial charge in [0.2, 0.25) is 5.91 Å². The van der Waals surface area contributed by atoms with Crippen LogP contribution in [-0.4, -0.2) is 17.6 Å². The Morgan fingerprint density at radius 3 is 2.18 bits per heavy atom. The van der Waals surface area contributed by atoms with Crippen LogP contribution in [0.25, 0.3) is 5.57 Å². The Morgan fingerprint density at radius 2 is 1.59 bits per heavy atom. The Labute approximate surface area is 196 Å². The first-order valence-corrected chi connectivity index (χ1v) is 10.6. The van der Waals surface area contributed by atoms with Gasteiger partial charge in [-0.25, -0.2) is 0 Å². The molecule has 0 aromatic heterocycles. The molecule has 1 amide bonds. The fourth-order valence-electron chi connectivity index (χ4n) is 3.28. The summed E-state index contributed by atoms with van der Waals surface area (Å²) in [6.45, 7) is 2.17. The quantitative estimate of drug-likeness (QED) is 0.305. The second-order valence-corrected chi connectivity index (χ2v) is 7.28. The third-order valence-corrected chi connectivity index (χ3v) is 4.96. The van der Waals surface area contributed by atoms with Gasteiger partial charge < -0.3 is 15.2 Å². The second kappa shape index (κ2) is 11.3. The molecule has 0 spiro atoms. The van der Waals surface area contributed by atoms with Crippen molar-refractivity contribution in [3.63, 3.8) is 0 Å². The minimum atomic E-state index is -4.43. The van der Waals surface area contributed by atoms with Crippen molar-refractivity contribution in [1.82, 2.24) is 0 Å². The van der Waals surface area contributed by atoms with Crippen LogP contribution < -0.4 is 10.1 Å². The smallest absolute Gasteiger partial charge is 0.416 e. The van der Waals surface area contributed by atoms with Gasteiger partial charge in [-0.2, -0.15) is 13.2 Å². The molecule has 2 N–H and O–H groups in total. The molecule has 0 atom stereocenters. The number of para-hydroxylation sites is 1. The van der Waals surface area contributed by atoms with Gasteiger partial charge >= 0.3 is 6.18 Å². The molecule has 0 bridgehead atoms. The van der Waals surface area contributed by atoms with E-state index < -0.39 is 17.6 Å². The van der Waals surface area contributed by atoms with Gasteiger partial charge in [-0.3, -0.25) is 4.79 Å². The topological polar surface area (TPSA) is 58.6 Å². The highest BCUT2D eigenvalue weighted by Crippen LogP contribution is 2.32. The van der Waals surface area contributed by atoms with Crippen LogP contribution in [0.4, 0.5) is 18.9 Å². The zero-order valence-electron chi connectivity index (χ0n) is 18.5. The molecular formula is C27H24F3NO3. The maximum atomic E-state index is 13.0. The molecule has 0 heterocycles. The van der Waals surface area contributed by atoms with Crippen LogP contribution >= 0.6 is 0 Å². The highest BCUT2D eigenvalue weighted by atomic mass is 19.4. The van der Waals surface area contributed by atoms with Crippen molar-refractivity contribution >= 4 is 17.2 Å². The average Bonchev–Trinajstić information content (AvgIpc) is 2.83. The molecule has 3 aromatic rings. The van der Waals surface area contributed by atoms with Crippen LogP contribution in [0.2, 0.25) is 0 Å². The summed E-state index contributed by atoms with van der Waals surface area (Å²) in [6.07, 6.45) is 0.0767. The molecule has 3 rings (SSSR count). The molecule has 0 aliphatic carbocycles. The molecule has 0 unspecified atom stereocenters. The molecular weight excluding hydrogens is 443 g/mol. The number of aliphatic hydroxyl groups is 1. The van der Waals surface area contributed by atoms with Crippen molar-refractivity contribution in [2.24, 2.45) is 0 Å². The molecule has 0 saturated carbocycles. The summed E-state index contributed by atoms with van der Waals surface area (Å²) in [5, 5.41) is 12.1. The van der Waals surface area contributed by atoms with Gasteiger partial charge in [-0.15, -0.1) is 0 Å². The first-order valence-electron chi connectivity index (χ1n) is 10.6. The number of carbonyl (C=O) groups is 1. The molecule has 0 saturated heterocycles. The van der Waals surface area contributed by atoms with Crippen LogP contribution in [0.15, 0.2) is 91.0 Å². The second-order valence-electron chi connectivity index (χ2n) is 7.28. The van der Waals surface area contributed by atoms with Crippen LogP contribution in [0.5, 0.6) is 5.75 Å². The van der Waals surface area contributed by atoms with E-state index in [1.165, 1.54) is 24.3 Å². The minimum absolute atomic E-state index is 0.212. The van der Waals surface area contributed by atoms with Gasteiger partial charge in [0.05, 0.1) is 18.8 Å². The number of nitrogens with one attached hydrogen (secondary N) is 1. The lowest BCUT2D eigenvalue weighted by molar-refractivity contribution is -0.137. The Balaban J connectivity index is 1.88. The maximum Gasteiger partial charge on any atom is 0.416 e. The first kappa shape index (κ1) is 24.8. The predicted molar refractivity (Wildman–Crippen MR) is 126 cm³/mol. The van der Waals surface area contributed by atoms with E-state index in [4.69, 9.17) is 4.74 Å². The van der Waals surface area contributed by atoms with Gasteiger partial charge in [0.25, 0.3) is 0 Å². The summed E-state index contributed by atoms with van der Waals surface area (Å²) in [7, 11) is 0. The number of anilines is 1. The number of hydrogen-bond acceptors (Lipinski definition) is 3. The van der Waals surface area contributed by atoms with E-state index in [9.17, 15) is 23.1 Å². The number of halogens is 3. The van der Waals surface area contributed by atoms with E-state index in [0.717, 1.165) is 17.7 Å². The number of carbonyl (C=O) groups excluding carboxylic acids is 1. The highest BCUT2D eigenvalue weighted by molar-refractivity contribution is 6.00. The van der Waals surface area contributed by atoms with Crippen molar-refractivity contribution in [1.29, 1.82) is 0 Å². The summed E-state index contributed by atoms with van der Waals surface area (Å²) in [6, 6.07) is 18.9. The predicted octanol–water partition coefficient (Wildman–Crippen LogP) is 6.22. The zero-order valence-corrected chi connectivity index (χ0v) is 18.5. The van der Waals surface area contributed by atoms with E-state index in [-0.39, 0.29) is 6.61 Å². The molecule has 0 aliphatic heterocycles. The normalized spacial score (nSPS) is 12.1. The summed E-state index contributed by atoms with van der Waals surface area (Å²) < 4.78 is 44.4. The van der Waals surface area contributed by atoms with Crippen LogP contribution in [0.3, 0.4) is 0 Å². The van der Waals surface area contributed by atoms with E-state index in [1.54, 1.807) is 54.6 Å². The van der Waals surface area contributed by atoms with Crippen LogP contribution in [0.1, 0.15) is 29.2 Å². The molecule has 0 radical (unpaired) electrons. The molecule has 0 aliphatic rings. The maximum absolute atomic E-state index is 13.0. The van der Waals surface area contributed by atoms with Gasteiger partial charge in [0.1, 0.15) is 5.75 Å². The number of aliphatic hydroxyl groups excluding tert-OH is 1.